The van der Waals surface area contributed by atoms with Crippen LogP contribution in [0, 0.1) is 0 Å². The highest BCUT2D eigenvalue weighted by Crippen LogP contribution is 2.17. The van der Waals surface area contributed by atoms with Gasteiger partial charge >= 0.3 is 6.09 Å². The van der Waals surface area contributed by atoms with Gasteiger partial charge in [0.25, 0.3) is 0 Å². The number of nitrogens with zero attached hydrogens (tertiary/aromatic N) is 1. The van der Waals surface area contributed by atoms with Crippen molar-refractivity contribution in [1.29, 1.82) is 0 Å². The number of anilines is 2. The van der Waals surface area contributed by atoms with Crippen LogP contribution >= 0.6 is 0 Å². The van der Waals surface area contributed by atoms with Crippen LogP contribution in [-0.4, -0.2) is 38.7 Å². The first-order valence-corrected chi connectivity index (χ1v) is 6.57. The minimum absolute atomic E-state index is 0.121. The summed E-state index contributed by atoms with van der Waals surface area (Å²) in [6, 6.07) is 7.58. The molecule has 0 heterocycles. The van der Waals surface area contributed by atoms with Crippen LogP contribution in [0.2, 0.25) is 0 Å². The maximum Gasteiger partial charge on any atom is 0.407 e. The molecule has 1 rings (SSSR count). The van der Waals surface area contributed by atoms with Gasteiger partial charge in [0.2, 0.25) is 5.91 Å². The third kappa shape index (κ3) is 4.79. The zero-order chi connectivity index (χ0) is 15.0. The Morgan fingerprint density at radius 1 is 1.15 bits per heavy atom. The molecule has 0 aliphatic rings. The summed E-state index contributed by atoms with van der Waals surface area (Å²) in [6.07, 6.45) is -0.628. The molecule has 0 saturated carbocycles. The van der Waals surface area contributed by atoms with Crippen LogP contribution in [0.1, 0.15) is 13.8 Å². The van der Waals surface area contributed by atoms with Gasteiger partial charge in [-0.2, -0.15) is 0 Å². The number of carbonyl (C=O) groups is 2. The smallest absolute Gasteiger partial charge is 0.407 e. The maximum atomic E-state index is 11.6. The van der Waals surface area contributed by atoms with Gasteiger partial charge in [-0.25, -0.2) is 4.79 Å². The average molecular weight is 279 g/mol. The Morgan fingerprint density at radius 2 is 1.75 bits per heavy atom. The molecule has 2 amide bonds. The van der Waals surface area contributed by atoms with Gasteiger partial charge in [-0.05, 0) is 38.1 Å². The van der Waals surface area contributed by atoms with Crippen molar-refractivity contribution in [2.75, 3.05) is 37.0 Å². The Hall–Kier alpha value is -2.24. The molecule has 0 fully saturated rings. The molecule has 0 spiro atoms. The van der Waals surface area contributed by atoms with Gasteiger partial charge in [-0.1, -0.05) is 0 Å². The normalized spacial score (nSPS) is 9.75. The molecule has 6 heteroatoms. The highest BCUT2D eigenvalue weighted by Gasteiger charge is 2.06. The van der Waals surface area contributed by atoms with E-state index in [0.29, 0.717) is 5.69 Å². The lowest BCUT2D eigenvalue weighted by atomic mass is 10.2. The lowest BCUT2D eigenvalue weighted by Gasteiger charge is -2.21. The Morgan fingerprint density at radius 3 is 2.25 bits per heavy atom. The molecule has 0 bridgehead atoms. The van der Waals surface area contributed by atoms with E-state index in [1.807, 2.05) is 24.3 Å². The summed E-state index contributed by atoms with van der Waals surface area (Å²) in [5.74, 6) is -0.300. The van der Waals surface area contributed by atoms with Crippen LogP contribution in [0.15, 0.2) is 24.3 Å². The van der Waals surface area contributed by atoms with Crippen molar-refractivity contribution in [1.82, 2.24) is 5.32 Å². The fraction of sp³-hybridized carbons (Fsp3) is 0.429. The van der Waals surface area contributed by atoms with Gasteiger partial charge in [-0.3, -0.25) is 4.79 Å². The fourth-order valence-electron chi connectivity index (χ4n) is 1.77. The van der Waals surface area contributed by atoms with E-state index < -0.39 is 6.09 Å². The van der Waals surface area contributed by atoms with Crippen molar-refractivity contribution >= 4 is 23.4 Å². The molecule has 0 unspecified atom stereocenters. The first kappa shape index (κ1) is 15.8. The van der Waals surface area contributed by atoms with Crippen LogP contribution in [0.5, 0.6) is 0 Å². The van der Waals surface area contributed by atoms with E-state index in [0.717, 1.165) is 18.8 Å². The van der Waals surface area contributed by atoms with Crippen LogP contribution in [0.4, 0.5) is 16.2 Å². The second kappa shape index (κ2) is 8.04. The second-order valence-corrected chi connectivity index (χ2v) is 4.11. The number of nitrogens with one attached hydrogen (secondary N) is 2. The first-order chi connectivity index (χ1) is 9.60. The SMILES string of the molecule is CCN(CC)c1ccc(NC(=O)CNC(=O)OC)cc1. The largest absolute Gasteiger partial charge is 0.453 e. The molecule has 0 saturated heterocycles. The highest BCUT2D eigenvalue weighted by atomic mass is 16.5. The summed E-state index contributed by atoms with van der Waals surface area (Å²) < 4.78 is 4.38. The van der Waals surface area contributed by atoms with Crippen molar-refractivity contribution in [3.8, 4) is 0 Å². The van der Waals surface area contributed by atoms with Gasteiger partial charge in [0.05, 0.1) is 7.11 Å². The quantitative estimate of drug-likeness (QED) is 0.833. The third-order valence-electron chi connectivity index (χ3n) is 2.86. The minimum Gasteiger partial charge on any atom is -0.453 e. The molecular weight excluding hydrogens is 258 g/mol. The zero-order valence-corrected chi connectivity index (χ0v) is 12.1. The zero-order valence-electron chi connectivity index (χ0n) is 12.1. The lowest BCUT2D eigenvalue weighted by molar-refractivity contribution is -0.115. The summed E-state index contributed by atoms with van der Waals surface area (Å²) in [5, 5.41) is 5.01. The summed E-state index contributed by atoms with van der Waals surface area (Å²) in [6.45, 7) is 5.94. The van der Waals surface area contributed by atoms with Crippen molar-refractivity contribution in [2.24, 2.45) is 0 Å². The van der Waals surface area contributed by atoms with Crippen LogP contribution in [-0.2, 0) is 9.53 Å². The van der Waals surface area contributed by atoms with Crippen LogP contribution < -0.4 is 15.5 Å². The van der Waals surface area contributed by atoms with E-state index in [1.54, 1.807) is 0 Å². The van der Waals surface area contributed by atoms with Gasteiger partial charge in [0.1, 0.15) is 6.54 Å². The minimum atomic E-state index is -0.628. The molecule has 0 aromatic heterocycles. The number of ether oxygens (including phenoxy) is 1. The van der Waals surface area contributed by atoms with Gasteiger partial charge in [0.15, 0.2) is 0 Å². The third-order valence-corrected chi connectivity index (χ3v) is 2.86. The second-order valence-electron chi connectivity index (χ2n) is 4.11. The Kier molecular flexibility index (Phi) is 6.36. The number of carbonyl (C=O) groups excluding carboxylic acids is 2. The van der Waals surface area contributed by atoms with E-state index in [-0.39, 0.29) is 12.5 Å². The number of amides is 2. The van der Waals surface area contributed by atoms with Gasteiger partial charge < -0.3 is 20.3 Å². The van der Waals surface area contributed by atoms with E-state index in [9.17, 15) is 9.59 Å². The standard InChI is InChI=1S/C14H21N3O3/c1-4-17(5-2)12-8-6-11(7-9-12)16-13(18)10-15-14(19)20-3/h6-9H,4-5,10H2,1-3H3,(H,15,19)(H,16,18). The summed E-state index contributed by atoms with van der Waals surface area (Å²) in [7, 11) is 1.25. The van der Waals surface area contributed by atoms with E-state index in [2.05, 4.69) is 34.1 Å². The monoisotopic (exact) mass is 279 g/mol. The number of benzene rings is 1. The van der Waals surface area contributed by atoms with Crippen molar-refractivity contribution in [3.63, 3.8) is 0 Å². The molecule has 6 nitrogen and oxygen atoms in total. The summed E-state index contributed by atoms with van der Waals surface area (Å²) in [5.41, 5.74) is 1.80. The molecule has 110 valence electrons. The molecule has 0 radical (unpaired) electrons. The molecule has 0 aliphatic carbocycles. The molecule has 1 aromatic carbocycles. The van der Waals surface area contributed by atoms with Crippen molar-refractivity contribution < 1.29 is 14.3 Å². The molecule has 0 atom stereocenters. The highest BCUT2D eigenvalue weighted by molar-refractivity contribution is 5.93. The predicted molar refractivity (Wildman–Crippen MR) is 79.0 cm³/mol. The first-order valence-electron chi connectivity index (χ1n) is 6.57. The number of hydrogen-bond donors (Lipinski definition) is 2. The van der Waals surface area contributed by atoms with Crippen molar-refractivity contribution in [3.05, 3.63) is 24.3 Å². The average Bonchev–Trinajstić information content (AvgIpc) is 2.47. The number of hydrogen-bond acceptors (Lipinski definition) is 4. The summed E-state index contributed by atoms with van der Waals surface area (Å²) in [4.78, 5) is 24.6. The maximum absolute atomic E-state index is 11.6. The Balaban J connectivity index is 2.52. The van der Waals surface area contributed by atoms with Crippen LogP contribution in [0.25, 0.3) is 0 Å². The predicted octanol–water partition coefficient (Wildman–Crippen LogP) is 1.83. The van der Waals surface area contributed by atoms with E-state index in [1.165, 1.54) is 7.11 Å². The number of rotatable bonds is 6. The van der Waals surface area contributed by atoms with Gasteiger partial charge in [0, 0.05) is 24.5 Å². The fourth-order valence-corrected chi connectivity index (χ4v) is 1.77. The molecule has 20 heavy (non-hydrogen) atoms. The number of alkyl carbamates (subject to hydrolysis) is 1. The molecule has 2 N–H and O–H groups in total. The van der Waals surface area contributed by atoms with Gasteiger partial charge in [-0.15, -0.1) is 0 Å². The topological polar surface area (TPSA) is 70.7 Å². The number of methoxy groups -OCH3 is 1. The molecular formula is C14H21N3O3. The Labute approximate surface area is 119 Å². The Bertz CT molecular complexity index is 441. The van der Waals surface area contributed by atoms with Crippen molar-refractivity contribution in [2.45, 2.75) is 13.8 Å². The van der Waals surface area contributed by atoms with Crippen LogP contribution in [0.3, 0.4) is 0 Å². The van der Waals surface area contributed by atoms with E-state index >= 15 is 0 Å². The van der Waals surface area contributed by atoms with E-state index in [4.69, 9.17) is 0 Å². The lowest BCUT2D eigenvalue weighted by Crippen LogP contribution is -2.32. The molecule has 0 aliphatic heterocycles. The molecule has 1 aromatic rings. The summed E-state index contributed by atoms with van der Waals surface area (Å²) >= 11 is 0.